The highest BCUT2D eigenvalue weighted by atomic mass is 16.5. The summed E-state index contributed by atoms with van der Waals surface area (Å²) in [7, 11) is 1.35. The summed E-state index contributed by atoms with van der Waals surface area (Å²) in [6.45, 7) is 3.98. The number of carbonyl (C=O) groups is 2. The summed E-state index contributed by atoms with van der Waals surface area (Å²) in [5.74, 6) is 0.118. The molecule has 0 aliphatic rings. The average Bonchev–Trinajstić information content (AvgIpc) is 2.60. The van der Waals surface area contributed by atoms with Crippen LogP contribution >= 0.6 is 0 Å². The van der Waals surface area contributed by atoms with E-state index in [0.29, 0.717) is 23.3 Å². The van der Waals surface area contributed by atoms with Gasteiger partial charge in [0.1, 0.15) is 12.4 Å². The molecule has 0 amide bonds. The second-order valence-corrected chi connectivity index (χ2v) is 4.87. The number of esters is 1. The lowest BCUT2D eigenvalue weighted by Gasteiger charge is -2.14. The molecule has 0 heterocycles. The van der Waals surface area contributed by atoms with Crippen molar-refractivity contribution in [3.05, 3.63) is 77.4 Å². The lowest BCUT2D eigenvalue weighted by atomic mass is 9.98. The first kappa shape index (κ1) is 16.5. The lowest BCUT2D eigenvalue weighted by molar-refractivity contribution is 0.0599. The van der Waals surface area contributed by atoms with Gasteiger partial charge in [-0.1, -0.05) is 30.3 Å². The summed E-state index contributed by atoms with van der Waals surface area (Å²) < 4.78 is 10.6. The van der Waals surface area contributed by atoms with Crippen LogP contribution in [0, 0.1) is 0 Å². The van der Waals surface area contributed by atoms with Gasteiger partial charge in [-0.3, -0.25) is 4.79 Å². The molecular weight excluding hydrogens is 292 g/mol. The Morgan fingerprint density at radius 3 is 2.65 bits per heavy atom. The van der Waals surface area contributed by atoms with E-state index in [1.54, 1.807) is 42.5 Å². The van der Waals surface area contributed by atoms with E-state index in [1.807, 2.05) is 6.07 Å². The van der Waals surface area contributed by atoms with Crippen LogP contribution in [0.2, 0.25) is 0 Å². The Labute approximate surface area is 135 Å². The minimum Gasteiger partial charge on any atom is -0.488 e. The maximum atomic E-state index is 11.9. The molecule has 0 radical (unpaired) electrons. The largest absolute Gasteiger partial charge is 0.488 e. The lowest BCUT2D eigenvalue weighted by Crippen LogP contribution is -2.10. The number of benzene rings is 2. The molecular formula is C19H18O4. The molecule has 0 atom stereocenters. The fourth-order valence-corrected chi connectivity index (χ4v) is 2.32. The standard InChI is InChI=1S/C19H18O4/c1-3-7-16-15(9-6-10-17(16)19(21)22-2)13-23-18-11-5-4-8-14(18)12-20/h3-6,8-12H,1,7,13H2,2H3. The molecule has 0 fully saturated rings. The Balaban J connectivity index is 2.30. The highest BCUT2D eigenvalue weighted by Crippen LogP contribution is 2.21. The van der Waals surface area contributed by atoms with Crippen molar-refractivity contribution < 1.29 is 19.1 Å². The first-order valence-electron chi connectivity index (χ1n) is 7.18. The van der Waals surface area contributed by atoms with Crippen LogP contribution in [0.15, 0.2) is 55.1 Å². The van der Waals surface area contributed by atoms with Crippen LogP contribution in [-0.2, 0) is 17.8 Å². The second kappa shape index (κ2) is 7.94. The summed E-state index contributed by atoms with van der Waals surface area (Å²) in [5.41, 5.74) is 2.66. The van der Waals surface area contributed by atoms with E-state index in [9.17, 15) is 9.59 Å². The highest BCUT2D eigenvalue weighted by molar-refractivity contribution is 5.91. The van der Waals surface area contributed by atoms with Gasteiger partial charge in [-0.15, -0.1) is 6.58 Å². The number of ether oxygens (including phenoxy) is 2. The molecule has 0 aliphatic heterocycles. The molecule has 2 rings (SSSR count). The Kier molecular flexibility index (Phi) is 5.69. The van der Waals surface area contributed by atoms with Crippen molar-refractivity contribution in [1.29, 1.82) is 0 Å². The second-order valence-electron chi connectivity index (χ2n) is 4.87. The third-order valence-corrected chi connectivity index (χ3v) is 3.46. The van der Waals surface area contributed by atoms with Crippen molar-refractivity contribution in [3.63, 3.8) is 0 Å². The van der Waals surface area contributed by atoms with Crippen LogP contribution in [-0.4, -0.2) is 19.4 Å². The Bertz CT molecular complexity index is 719. The van der Waals surface area contributed by atoms with Crippen molar-refractivity contribution in [1.82, 2.24) is 0 Å². The van der Waals surface area contributed by atoms with Crippen molar-refractivity contribution in [2.75, 3.05) is 7.11 Å². The van der Waals surface area contributed by atoms with Gasteiger partial charge in [0, 0.05) is 0 Å². The summed E-state index contributed by atoms with van der Waals surface area (Å²) in [5, 5.41) is 0. The van der Waals surface area contributed by atoms with Crippen LogP contribution in [0.3, 0.4) is 0 Å². The quantitative estimate of drug-likeness (QED) is 0.445. The number of methoxy groups -OCH3 is 1. The number of carbonyl (C=O) groups excluding carboxylic acids is 2. The van der Waals surface area contributed by atoms with E-state index in [-0.39, 0.29) is 6.61 Å². The highest BCUT2D eigenvalue weighted by Gasteiger charge is 2.15. The minimum absolute atomic E-state index is 0.249. The molecule has 0 saturated heterocycles. The smallest absolute Gasteiger partial charge is 0.338 e. The number of para-hydroxylation sites is 1. The summed E-state index contributed by atoms with van der Waals surface area (Å²) in [6.07, 6.45) is 3.01. The molecule has 0 saturated carbocycles. The summed E-state index contributed by atoms with van der Waals surface area (Å²) in [6, 6.07) is 12.4. The molecule has 118 valence electrons. The van der Waals surface area contributed by atoms with E-state index < -0.39 is 5.97 Å². The van der Waals surface area contributed by atoms with E-state index in [4.69, 9.17) is 9.47 Å². The van der Waals surface area contributed by atoms with Crippen LogP contribution in [0.5, 0.6) is 5.75 Å². The van der Waals surface area contributed by atoms with Crippen molar-refractivity contribution in [2.24, 2.45) is 0 Å². The van der Waals surface area contributed by atoms with E-state index in [2.05, 4.69) is 6.58 Å². The Hall–Kier alpha value is -2.88. The maximum absolute atomic E-state index is 11.9. The molecule has 2 aromatic rings. The molecule has 0 unspecified atom stereocenters. The topological polar surface area (TPSA) is 52.6 Å². The van der Waals surface area contributed by atoms with Crippen LogP contribution in [0.4, 0.5) is 0 Å². The molecule has 4 nitrogen and oxygen atoms in total. The van der Waals surface area contributed by atoms with Gasteiger partial charge in [-0.05, 0) is 35.7 Å². The third kappa shape index (κ3) is 3.86. The monoisotopic (exact) mass is 310 g/mol. The minimum atomic E-state index is -0.392. The maximum Gasteiger partial charge on any atom is 0.338 e. The fourth-order valence-electron chi connectivity index (χ4n) is 2.32. The van der Waals surface area contributed by atoms with Crippen molar-refractivity contribution >= 4 is 12.3 Å². The zero-order valence-corrected chi connectivity index (χ0v) is 13.0. The molecule has 23 heavy (non-hydrogen) atoms. The average molecular weight is 310 g/mol. The fraction of sp³-hybridized carbons (Fsp3) is 0.158. The first-order valence-corrected chi connectivity index (χ1v) is 7.18. The van der Waals surface area contributed by atoms with Gasteiger partial charge in [0.2, 0.25) is 0 Å². The number of hydrogen-bond acceptors (Lipinski definition) is 4. The normalized spacial score (nSPS) is 9.96. The summed E-state index contributed by atoms with van der Waals surface area (Å²) >= 11 is 0. The van der Waals surface area contributed by atoms with E-state index >= 15 is 0 Å². The van der Waals surface area contributed by atoms with E-state index in [1.165, 1.54) is 7.11 Å². The first-order chi connectivity index (χ1) is 11.2. The number of aldehydes is 1. The van der Waals surface area contributed by atoms with Gasteiger partial charge in [0.25, 0.3) is 0 Å². The van der Waals surface area contributed by atoms with Gasteiger partial charge >= 0.3 is 5.97 Å². The zero-order chi connectivity index (χ0) is 16.7. The van der Waals surface area contributed by atoms with Crippen molar-refractivity contribution in [2.45, 2.75) is 13.0 Å². The molecule has 0 N–H and O–H groups in total. The Morgan fingerprint density at radius 2 is 1.96 bits per heavy atom. The SMILES string of the molecule is C=CCc1c(COc2ccccc2C=O)cccc1C(=O)OC. The predicted molar refractivity (Wildman–Crippen MR) is 87.8 cm³/mol. The van der Waals surface area contributed by atoms with Crippen LogP contribution in [0.25, 0.3) is 0 Å². The molecule has 0 aromatic heterocycles. The molecule has 2 aromatic carbocycles. The van der Waals surface area contributed by atoms with Crippen LogP contribution < -0.4 is 4.74 Å². The number of allylic oxidation sites excluding steroid dienone is 1. The van der Waals surface area contributed by atoms with Crippen molar-refractivity contribution in [3.8, 4) is 5.75 Å². The van der Waals surface area contributed by atoms with Gasteiger partial charge in [0.05, 0.1) is 18.2 Å². The molecule has 4 heteroatoms. The molecule has 0 spiro atoms. The predicted octanol–water partition coefficient (Wildman–Crippen LogP) is 3.59. The van der Waals surface area contributed by atoms with Gasteiger partial charge in [0.15, 0.2) is 6.29 Å². The molecule has 0 bridgehead atoms. The van der Waals surface area contributed by atoms with Gasteiger partial charge in [-0.25, -0.2) is 4.79 Å². The van der Waals surface area contributed by atoms with E-state index in [0.717, 1.165) is 17.4 Å². The zero-order valence-electron chi connectivity index (χ0n) is 13.0. The Morgan fingerprint density at radius 1 is 1.17 bits per heavy atom. The van der Waals surface area contributed by atoms with Gasteiger partial charge in [-0.2, -0.15) is 0 Å². The molecule has 0 aliphatic carbocycles. The summed E-state index contributed by atoms with van der Waals surface area (Å²) in [4.78, 5) is 22.9. The third-order valence-electron chi connectivity index (χ3n) is 3.46. The van der Waals surface area contributed by atoms with Crippen LogP contribution in [0.1, 0.15) is 31.8 Å². The number of rotatable bonds is 7. The number of hydrogen-bond donors (Lipinski definition) is 0. The van der Waals surface area contributed by atoms with Gasteiger partial charge < -0.3 is 9.47 Å².